The highest BCUT2D eigenvalue weighted by atomic mass is 16.6. The molecule has 21 heavy (non-hydrogen) atoms. The summed E-state index contributed by atoms with van der Waals surface area (Å²) in [5.74, 6) is -0.572. The van der Waals surface area contributed by atoms with E-state index in [1.165, 1.54) is 0 Å². The van der Waals surface area contributed by atoms with Gasteiger partial charge in [0.25, 0.3) is 5.91 Å². The van der Waals surface area contributed by atoms with Crippen molar-refractivity contribution in [1.29, 1.82) is 0 Å². The topological polar surface area (TPSA) is 96.9 Å². The van der Waals surface area contributed by atoms with Crippen molar-refractivity contribution in [3.63, 3.8) is 0 Å². The van der Waals surface area contributed by atoms with Crippen LogP contribution in [0.15, 0.2) is 30.3 Å². The molecule has 2 saturated heterocycles. The monoisotopic (exact) mass is 292 g/mol. The molecule has 0 saturated carbocycles. The van der Waals surface area contributed by atoms with E-state index in [0.717, 1.165) is 5.56 Å². The second-order valence-corrected chi connectivity index (χ2v) is 5.16. The molecule has 1 spiro atoms. The van der Waals surface area contributed by atoms with Gasteiger partial charge in [-0.15, -0.1) is 0 Å². The summed E-state index contributed by atoms with van der Waals surface area (Å²) in [7, 11) is 0. The van der Waals surface area contributed by atoms with E-state index in [1.54, 1.807) is 0 Å². The largest absolute Gasteiger partial charge is 0.390 e. The molecule has 3 amide bonds. The van der Waals surface area contributed by atoms with E-state index in [-0.39, 0.29) is 13.0 Å². The molecule has 2 heterocycles. The second kappa shape index (κ2) is 5.44. The lowest BCUT2D eigenvalue weighted by molar-refractivity contribution is -0.146. The maximum absolute atomic E-state index is 11.7. The van der Waals surface area contributed by atoms with E-state index in [9.17, 15) is 14.7 Å². The maximum Gasteiger partial charge on any atom is 0.324 e. The van der Waals surface area contributed by atoms with E-state index in [4.69, 9.17) is 9.47 Å². The number of carbonyl (C=O) groups excluding carboxylic acids is 2. The van der Waals surface area contributed by atoms with Crippen LogP contribution in [0.3, 0.4) is 0 Å². The molecule has 0 aliphatic carbocycles. The second-order valence-electron chi connectivity index (χ2n) is 5.16. The molecule has 3 atom stereocenters. The summed E-state index contributed by atoms with van der Waals surface area (Å²) in [6.07, 6.45) is -1.51. The number of hydrogen-bond acceptors (Lipinski definition) is 5. The van der Waals surface area contributed by atoms with E-state index >= 15 is 0 Å². The molecule has 2 aliphatic rings. The minimum atomic E-state index is -1.46. The minimum Gasteiger partial charge on any atom is -0.390 e. The van der Waals surface area contributed by atoms with Crippen LogP contribution in [0.2, 0.25) is 0 Å². The van der Waals surface area contributed by atoms with Crippen LogP contribution in [0.25, 0.3) is 0 Å². The van der Waals surface area contributed by atoms with E-state index in [0.29, 0.717) is 6.61 Å². The molecule has 0 aromatic heterocycles. The molecule has 2 aliphatic heterocycles. The Morgan fingerprint density at radius 2 is 2.10 bits per heavy atom. The fraction of sp³-hybridized carbons (Fsp3) is 0.429. The average molecular weight is 292 g/mol. The van der Waals surface area contributed by atoms with E-state index < -0.39 is 29.9 Å². The van der Waals surface area contributed by atoms with Crippen LogP contribution in [-0.4, -0.2) is 41.6 Å². The van der Waals surface area contributed by atoms with Gasteiger partial charge in [0.05, 0.1) is 19.3 Å². The molecule has 7 nitrogen and oxygen atoms in total. The predicted octanol–water partition coefficient (Wildman–Crippen LogP) is -0.111. The third-order valence-electron chi connectivity index (χ3n) is 3.58. The van der Waals surface area contributed by atoms with Crippen molar-refractivity contribution in [1.82, 2.24) is 10.6 Å². The number of nitrogens with one attached hydrogen (secondary N) is 2. The molecular formula is C14H16N2O5. The van der Waals surface area contributed by atoms with Crippen LogP contribution in [0.4, 0.5) is 4.79 Å². The Bertz CT molecular complexity index is 550. The number of carbonyl (C=O) groups is 2. The van der Waals surface area contributed by atoms with Crippen LogP contribution < -0.4 is 10.6 Å². The van der Waals surface area contributed by atoms with Crippen molar-refractivity contribution in [3.05, 3.63) is 35.9 Å². The van der Waals surface area contributed by atoms with Gasteiger partial charge in [0, 0.05) is 6.42 Å². The lowest BCUT2D eigenvalue weighted by atomic mass is 10.1. The molecule has 3 rings (SSSR count). The summed E-state index contributed by atoms with van der Waals surface area (Å²) < 4.78 is 11.0. The summed E-state index contributed by atoms with van der Waals surface area (Å²) in [4.78, 5) is 22.9. The Morgan fingerprint density at radius 3 is 2.76 bits per heavy atom. The minimum absolute atomic E-state index is 0.0178. The molecule has 0 bridgehead atoms. The van der Waals surface area contributed by atoms with Gasteiger partial charge in [-0.3, -0.25) is 10.1 Å². The lowest BCUT2D eigenvalue weighted by Gasteiger charge is -2.20. The number of imide groups is 1. The van der Waals surface area contributed by atoms with Gasteiger partial charge in [-0.05, 0) is 5.56 Å². The summed E-state index contributed by atoms with van der Waals surface area (Å²) in [6.45, 7) is 0.528. The first-order valence-corrected chi connectivity index (χ1v) is 6.70. The first-order valence-electron chi connectivity index (χ1n) is 6.70. The Kier molecular flexibility index (Phi) is 3.62. The number of rotatable bonds is 4. The molecule has 0 radical (unpaired) electrons. The van der Waals surface area contributed by atoms with Gasteiger partial charge < -0.3 is 19.9 Å². The van der Waals surface area contributed by atoms with Gasteiger partial charge in [0.1, 0.15) is 6.10 Å². The molecule has 1 aromatic rings. The Morgan fingerprint density at radius 1 is 1.33 bits per heavy atom. The number of aliphatic hydroxyl groups is 1. The van der Waals surface area contributed by atoms with Gasteiger partial charge in [-0.25, -0.2) is 4.79 Å². The van der Waals surface area contributed by atoms with Crippen LogP contribution >= 0.6 is 0 Å². The van der Waals surface area contributed by atoms with Crippen molar-refractivity contribution < 1.29 is 24.2 Å². The molecule has 3 N–H and O–H groups in total. The fourth-order valence-electron chi connectivity index (χ4n) is 2.53. The van der Waals surface area contributed by atoms with Gasteiger partial charge in [0.2, 0.25) is 5.72 Å². The van der Waals surface area contributed by atoms with Crippen LogP contribution in [0.1, 0.15) is 12.0 Å². The zero-order valence-corrected chi connectivity index (χ0v) is 11.2. The molecule has 2 fully saturated rings. The van der Waals surface area contributed by atoms with Crippen molar-refractivity contribution in [2.45, 2.75) is 31.0 Å². The Hall–Kier alpha value is -1.96. The quantitative estimate of drug-likeness (QED) is 0.673. The Balaban J connectivity index is 1.55. The Labute approximate surface area is 121 Å². The predicted molar refractivity (Wildman–Crippen MR) is 71.0 cm³/mol. The molecule has 7 heteroatoms. The summed E-state index contributed by atoms with van der Waals surface area (Å²) in [5, 5.41) is 14.5. The van der Waals surface area contributed by atoms with Crippen LogP contribution in [0, 0.1) is 0 Å². The van der Waals surface area contributed by atoms with E-state index in [1.807, 2.05) is 30.3 Å². The van der Waals surface area contributed by atoms with Crippen molar-refractivity contribution in [3.8, 4) is 0 Å². The van der Waals surface area contributed by atoms with Gasteiger partial charge >= 0.3 is 6.03 Å². The number of aliphatic hydroxyl groups excluding tert-OH is 1. The number of hydrogen-bond donors (Lipinski definition) is 3. The van der Waals surface area contributed by atoms with Gasteiger partial charge in [-0.2, -0.15) is 0 Å². The van der Waals surface area contributed by atoms with Crippen molar-refractivity contribution in [2.24, 2.45) is 0 Å². The number of amides is 3. The van der Waals surface area contributed by atoms with Crippen molar-refractivity contribution in [2.75, 3.05) is 6.61 Å². The smallest absolute Gasteiger partial charge is 0.324 e. The first kappa shape index (κ1) is 14.0. The average Bonchev–Trinajstić information content (AvgIpc) is 2.91. The molecule has 1 aromatic carbocycles. The molecule has 112 valence electrons. The summed E-state index contributed by atoms with van der Waals surface area (Å²) >= 11 is 0. The lowest BCUT2D eigenvalue weighted by Crippen LogP contribution is -2.47. The third kappa shape index (κ3) is 2.76. The zero-order valence-electron chi connectivity index (χ0n) is 11.2. The van der Waals surface area contributed by atoms with Crippen LogP contribution in [-0.2, 0) is 20.9 Å². The van der Waals surface area contributed by atoms with Crippen molar-refractivity contribution >= 4 is 11.9 Å². The standard InChI is InChI=1S/C14H16N2O5/c17-10-6-14(12(18)15-13(19)16-14)21-11(10)8-20-7-9-4-2-1-3-5-9/h1-5,10-11,17H,6-8H2,(H2,15,16,18,19)/t10-,11+,14+/m0/s1. The fourth-order valence-corrected chi connectivity index (χ4v) is 2.53. The first-order chi connectivity index (χ1) is 10.1. The highest BCUT2D eigenvalue weighted by Gasteiger charge is 2.56. The highest BCUT2D eigenvalue weighted by Crippen LogP contribution is 2.31. The summed E-state index contributed by atoms with van der Waals surface area (Å²) in [6, 6.07) is 8.98. The molecular weight excluding hydrogens is 276 g/mol. The normalized spacial score (nSPS) is 31.5. The van der Waals surface area contributed by atoms with Gasteiger partial charge in [-0.1, -0.05) is 30.3 Å². The third-order valence-corrected chi connectivity index (χ3v) is 3.58. The summed E-state index contributed by atoms with van der Waals surface area (Å²) in [5.41, 5.74) is -0.455. The maximum atomic E-state index is 11.7. The number of urea groups is 1. The van der Waals surface area contributed by atoms with Gasteiger partial charge in [0.15, 0.2) is 0 Å². The SMILES string of the molecule is O=C1NC(=O)[C@]2(C[C@H](O)[C@@H](COCc3ccccc3)O2)N1. The highest BCUT2D eigenvalue weighted by molar-refractivity contribution is 6.06. The van der Waals surface area contributed by atoms with E-state index in [2.05, 4.69) is 10.6 Å². The number of ether oxygens (including phenoxy) is 2. The molecule has 0 unspecified atom stereocenters. The zero-order chi connectivity index (χ0) is 14.9. The van der Waals surface area contributed by atoms with Crippen LogP contribution in [0.5, 0.6) is 0 Å². The number of benzene rings is 1.